The second-order valence-electron chi connectivity index (χ2n) is 6.94. The van der Waals surface area contributed by atoms with E-state index >= 15 is 0 Å². The van der Waals surface area contributed by atoms with Gasteiger partial charge in [0.05, 0.1) is 18.5 Å². The molecule has 0 spiro atoms. The van der Waals surface area contributed by atoms with Gasteiger partial charge in [-0.1, -0.05) is 19.1 Å². The number of hydrogen-bond acceptors (Lipinski definition) is 4. The molecule has 1 N–H and O–H groups in total. The summed E-state index contributed by atoms with van der Waals surface area (Å²) in [5.41, 5.74) is 0.988. The van der Waals surface area contributed by atoms with Crippen LogP contribution in [0.4, 0.5) is 0 Å². The molecule has 2 atom stereocenters. The summed E-state index contributed by atoms with van der Waals surface area (Å²) in [5.74, 6) is 1.88. The molecule has 1 aliphatic carbocycles. The summed E-state index contributed by atoms with van der Waals surface area (Å²) in [4.78, 5) is 8.75. The van der Waals surface area contributed by atoms with Gasteiger partial charge in [0.15, 0.2) is 0 Å². The summed E-state index contributed by atoms with van der Waals surface area (Å²) in [6.07, 6.45) is 10.2. The molecule has 0 aromatic carbocycles. The first-order valence-electron chi connectivity index (χ1n) is 7.78. The first-order valence-corrected chi connectivity index (χ1v) is 7.78. The molecule has 21 heavy (non-hydrogen) atoms. The lowest BCUT2D eigenvalue weighted by molar-refractivity contribution is 0.191. The van der Waals surface area contributed by atoms with E-state index in [9.17, 15) is 0 Å². The van der Waals surface area contributed by atoms with E-state index < -0.39 is 0 Å². The zero-order valence-corrected chi connectivity index (χ0v) is 13.6. The highest BCUT2D eigenvalue weighted by molar-refractivity contribution is 5.09. The maximum Gasteiger partial charge on any atom is 0.232 e. The minimum absolute atomic E-state index is 0.0718. The Hall–Kier alpha value is -1.42. The molecule has 0 bridgehead atoms. The van der Waals surface area contributed by atoms with Crippen LogP contribution >= 0.6 is 0 Å². The van der Waals surface area contributed by atoms with Crippen LogP contribution in [0.15, 0.2) is 24.5 Å². The zero-order valence-electron chi connectivity index (χ0n) is 13.6. The van der Waals surface area contributed by atoms with Gasteiger partial charge in [0, 0.05) is 18.3 Å². The predicted octanol–water partition coefficient (Wildman–Crippen LogP) is 3.35. The van der Waals surface area contributed by atoms with E-state index in [2.05, 4.69) is 55.1 Å². The fourth-order valence-corrected chi connectivity index (χ4v) is 2.33. The van der Waals surface area contributed by atoms with Crippen molar-refractivity contribution in [3.8, 4) is 5.88 Å². The molecule has 1 aromatic rings. The van der Waals surface area contributed by atoms with Crippen molar-refractivity contribution in [1.82, 2.24) is 15.3 Å². The molecular weight excluding hydrogens is 262 g/mol. The molecule has 0 fully saturated rings. The van der Waals surface area contributed by atoms with E-state index in [1.54, 1.807) is 12.4 Å². The largest absolute Gasteiger partial charge is 0.476 e. The fourth-order valence-electron chi connectivity index (χ4n) is 2.33. The van der Waals surface area contributed by atoms with E-state index in [0.29, 0.717) is 24.3 Å². The SMILES string of the molecule is CC1CC=CCC1COc1cncc(CNC(C)(C)C)n1. The molecule has 0 saturated carbocycles. The minimum Gasteiger partial charge on any atom is -0.476 e. The van der Waals surface area contributed by atoms with Crippen molar-refractivity contribution in [3.05, 3.63) is 30.2 Å². The standard InChI is InChI=1S/C17H27N3O/c1-13-7-5-6-8-14(13)12-21-16-11-18-9-15(20-16)10-19-17(2,3)4/h5-6,9,11,13-14,19H,7-8,10,12H2,1-4H3. The van der Waals surface area contributed by atoms with Crippen LogP contribution in [-0.2, 0) is 6.54 Å². The molecule has 0 saturated heterocycles. The number of nitrogens with zero attached hydrogens (tertiary/aromatic N) is 2. The molecule has 1 aliphatic rings. The fraction of sp³-hybridized carbons (Fsp3) is 0.647. The first kappa shape index (κ1) is 16.0. The normalized spacial score (nSPS) is 22.3. The summed E-state index contributed by atoms with van der Waals surface area (Å²) >= 11 is 0. The monoisotopic (exact) mass is 289 g/mol. The van der Waals surface area contributed by atoms with Gasteiger partial charge in [-0.05, 0) is 45.4 Å². The topological polar surface area (TPSA) is 47.0 Å². The Morgan fingerprint density at radius 2 is 2.00 bits per heavy atom. The third-order valence-electron chi connectivity index (χ3n) is 3.83. The molecule has 2 unspecified atom stereocenters. The van der Waals surface area contributed by atoms with E-state index in [1.807, 2.05) is 0 Å². The number of nitrogens with one attached hydrogen (secondary N) is 1. The second kappa shape index (κ2) is 7.03. The van der Waals surface area contributed by atoms with Gasteiger partial charge in [0.2, 0.25) is 5.88 Å². The van der Waals surface area contributed by atoms with Crippen molar-refractivity contribution < 1.29 is 4.74 Å². The molecule has 2 rings (SSSR count). The lowest BCUT2D eigenvalue weighted by atomic mass is 9.85. The van der Waals surface area contributed by atoms with Crippen LogP contribution < -0.4 is 10.1 Å². The van der Waals surface area contributed by atoms with Crippen LogP contribution in [0.3, 0.4) is 0 Å². The maximum absolute atomic E-state index is 5.85. The van der Waals surface area contributed by atoms with E-state index in [1.165, 1.54) is 0 Å². The van der Waals surface area contributed by atoms with Crippen LogP contribution in [0.5, 0.6) is 5.88 Å². The molecular formula is C17H27N3O. The van der Waals surface area contributed by atoms with Gasteiger partial charge in [-0.25, -0.2) is 4.98 Å². The average molecular weight is 289 g/mol. The summed E-state index contributed by atoms with van der Waals surface area (Å²) in [6, 6.07) is 0. The lowest BCUT2D eigenvalue weighted by Crippen LogP contribution is -2.35. The number of aromatic nitrogens is 2. The molecule has 0 amide bonds. The lowest BCUT2D eigenvalue weighted by Gasteiger charge is -2.25. The van der Waals surface area contributed by atoms with E-state index in [-0.39, 0.29) is 5.54 Å². The zero-order chi connectivity index (χ0) is 15.3. The molecule has 1 heterocycles. The molecule has 0 radical (unpaired) electrons. The highest BCUT2D eigenvalue weighted by Gasteiger charge is 2.19. The van der Waals surface area contributed by atoms with Crippen molar-refractivity contribution in [2.75, 3.05) is 6.61 Å². The molecule has 0 aliphatic heterocycles. The first-order chi connectivity index (χ1) is 9.94. The maximum atomic E-state index is 5.85. The van der Waals surface area contributed by atoms with Crippen molar-refractivity contribution >= 4 is 0 Å². The van der Waals surface area contributed by atoms with Crippen molar-refractivity contribution in [2.24, 2.45) is 11.8 Å². The Balaban J connectivity index is 1.87. The summed E-state index contributed by atoms with van der Waals surface area (Å²) in [7, 11) is 0. The Bertz CT molecular complexity index is 479. The molecule has 4 heteroatoms. The van der Waals surface area contributed by atoms with Crippen LogP contribution in [0.25, 0.3) is 0 Å². The number of rotatable bonds is 5. The average Bonchev–Trinajstić information content (AvgIpc) is 2.44. The third kappa shape index (κ3) is 5.46. The van der Waals surface area contributed by atoms with Gasteiger partial charge < -0.3 is 10.1 Å². The molecule has 116 valence electrons. The number of allylic oxidation sites excluding steroid dienone is 2. The summed E-state index contributed by atoms with van der Waals surface area (Å²) in [5, 5.41) is 3.41. The van der Waals surface area contributed by atoms with Gasteiger partial charge in [-0.15, -0.1) is 0 Å². The Morgan fingerprint density at radius 1 is 1.24 bits per heavy atom. The molecule has 1 aromatic heterocycles. The van der Waals surface area contributed by atoms with Crippen LogP contribution in [0.2, 0.25) is 0 Å². The third-order valence-corrected chi connectivity index (χ3v) is 3.83. The van der Waals surface area contributed by atoms with Crippen molar-refractivity contribution in [1.29, 1.82) is 0 Å². The van der Waals surface area contributed by atoms with Crippen LogP contribution in [-0.4, -0.2) is 22.1 Å². The van der Waals surface area contributed by atoms with Gasteiger partial charge in [0.25, 0.3) is 0 Å². The Morgan fingerprint density at radius 3 is 2.71 bits per heavy atom. The highest BCUT2D eigenvalue weighted by atomic mass is 16.5. The van der Waals surface area contributed by atoms with Crippen molar-refractivity contribution in [2.45, 2.75) is 52.6 Å². The van der Waals surface area contributed by atoms with Crippen LogP contribution in [0, 0.1) is 11.8 Å². The molecule has 4 nitrogen and oxygen atoms in total. The quantitative estimate of drug-likeness (QED) is 0.845. The number of hydrogen-bond donors (Lipinski definition) is 1. The number of ether oxygens (including phenoxy) is 1. The second-order valence-corrected chi connectivity index (χ2v) is 6.94. The summed E-state index contributed by atoms with van der Waals surface area (Å²) in [6.45, 7) is 10.1. The Kier molecular flexibility index (Phi) is 5.34. The summed E-state index contributed by atoms with van der Waals surface area (Å²) < 4.78 is 5.85. The van der Waals surface area contributed by atoms with Crippen molar-refractivity contribution in [3.63, 3.8) is 0 Å². The highest BCUT2D eigenvalue weighted by Crippen LogP contribution is 2.25. The smallest absolute Gasteiger partial charge is 0.232 e. The van der Waals surface area contributed by atoms with Gasteiger partial charge in [-0.3, -0.25) is 4.98 Å². The van der Waals surface area contributed by atoms with Gasteiger partial charge >= 0.3 is 0 Å². The predicted molar refractivity (Wildman–Crippen MR) is 85.1 cm³/mol. The van der Waals surface area contributed by atoms with Crippen LogP contribution in [0.1, 0.15) is 46.2 Å². The van der Waals surface area contributed by atoms with E-state index in [4.69, 9.17) is 4.74 Å². The Labute approximate surface area is 128 Å². The van der Waals surface area contributed by atoms with E-state index in [0.717, 1.165) is 25.1 Å². The minimum atomic E-state index is 0.0718. The van der Waals surface area contributed by atoms with Gasteiger partial charge in [-0.2, -0.15) is 0 Å². The van der Waals surface area contributed by atoms with Gasteiger partial charge in [0.1, 0.15) is 0 Å².